The first-order valence-corrected chi connectivity index (χ1v) is 10.8. The van der Waals surface area contributed by atoms with Crippen molar-refractivity contribution in [3.63, 3.8) is 0 Å². The molecule has 0 bridgehead atoms. The van der Waals surface area contributed by atoms with Gasteiger partial charge in [-0.1, -0.05) is 48.0 Å². The minimum absolute atomic E-state index is 0.122. The van der Waals surface area contributed by atoms with Crippen molar-refractivity contribution in [1.29, 1.82) is 0 Å². The molecule has 1 aromatic heterocycles. The number of carboxylic acids is 1. The molecule has 31 heavy (non-hydrogen) atoms. The number of nitrogens with zero attached hydrogens (tertiary/aromatic N) is 1. The van der Waals surface area contributed by atoms with Crippen LogP contribution in [0.5, 0.6) is 0 Å². The number of anilines is 1. The number of amides is 1. The second-order valence-corrected chi connectivity index (χ2v) is 8.26. The van der Waals surface area contributed by atoms with Gasteiger partial charge in [-0.2, -0.15) is 0 Å². The van der Waals surface area contributed by atoms with Crippen LogP contribution in [0.4, 0.5) is 5.69 Å². The number of carboxylic acid groups (broad SMARTS) is 1. The number of rotatable bonds is 9. The maximum absolute atomic E-state index is 13.0. The number of hydrogen-bond acceptors (Lipinski definition) is 2. The van der Waals surface area contributed by atoms with Crippen molar-refractivity contribution >= 4 is 29.2 Å². The number of aryl methyl sites for hydroxylation is 2. The van der Waals surface area contributed by atoms with Gasteiger partial charge in [0.25, 0.3) is 5.91 Å². The van der Waals surface area contributed by atoms with E-state index in [1.54, 1.807) is 18.2 Å². The lowest BCUT2D eigenvalue weighted by molar-refractivity contribution is -0.136. The number of aliphatic carboxylic acids is 1. The van der Waals surface area contributed by atoms with Crippen LogP contribution in [0.2, 0.25) is 5.02 Å². The molecule has 5 nitrogen and oxygen atoms in total. The van der Waals surface area contributed by atoms with Gasteiger partial charge in [0.15, 0.2) is 0 Å². The van der Waals surface area contributed by atoms with E-state index in [9.17, 15) is 9.59 Å². The van der Waals surface area contributed by atoms with Crippen molar-refractivity contribution in [2.75, 3.05) is 5.32 Å². The lowest BCUT2D eigenvalue weighted by Gasteiger charge is -2.18. The average molecular weight is 439 g/mol. The third-order valence-electron chi connectivity index (χ3n) is 5.13. The molecule has 0 saturated heterocycles. The van der Waals surface area contributed by atoms with Crippen LogP contribution in [0.15, 0.2) is 60.7 Å². The van der Waals surface area contributed by atoms with Gasteiger partial charge >= 0.3 is 5.97 Å². The smallest absolute Gasteiger partial charge is 0.307 e. The van der Waals surface area contributed by atoms with Gasteiger partial charge in [-0.25, -0.2) is 0 Å². The van der Waals surface area contributed by atoms with E-state index < -0.39 is 5.97 Å². The molecule has 3 aromatic rings. The Balaban J connectivity index is 1.75. The van der Waals surface area contributed by atoms with Crippen molar-refractivity contribution < 1.29 is 14.7 Å². The van der Waals surface area contributed by atoms with Gasteiger partial charge < -0.3 is 15.0 Å². The van der Waals surface area contributed by atoms with Crippen molar-refractivity contribution in [2.24, 2.45) is 0 Å². The Kier molecular flexibility index (Phi) is 7.53. The summed E-state index contributed by atoms with van der Waals surface area (Å²) < 4.78 is 2.05. The van der Waals surface area contributed by atoms with Gasteiger partial charge in [-0.3, -0.25) is 9.59 Å². The maximum atomic E-state index is 13.0. The highest BCUT2D eigenvalue weighted by Gasteiger charge is 2.18. The number of carbonyl (C=O) groups excluding carboxylic acids is 1. The highest BCUT2D eigenvalue weighted by Crippen LogP contribution is 2.25. The summed E-state index contributed by atoms with van der Waals surface area (Å²) in [7, 11) is 0. The van der Waals surface area contributed by atoms with E-state index in [1.165, 1.54) is 5.56 Å². The predicted molar refractivity (Wildman–Crippen MR) is 124 cm³/mol. The fraction of sp³-hybridized carbons (Fsp3) is 0.280. The van der Waals surface area contributed by atoms with Gasteiger partial charge in [0.1, 0.15) is 5.69 Å². The molecule has 2 N–H and O–H groups in total. The van der Waals surface area contributed by atoms with Gasteiger partial charge in [0, 0.05) is 11.7 Å². The minimum Gasteiger partial charge on any atom is -0.481 e. The third-order valence-corrected chi connectivity index (χ3v) is 5.46. The minimum atomic E-state index is -0.937. The van der Waals surface area contributed by atoms with Crippen LogP contribution in [0, 0.1) is 0 Å². The van der Waals surface area contributed by atoms with E-state index in [0.717, 1.165) is 25.0 Å². The summed E-state index contributed by atoms with van der Waals surface area (Å²) in [6.07, 6.45) is 2.71. The number of nitrogens with one attached hydrogen (secondary N) is 1. The highest BCUT2D eigenvalue weighted by atomic mass is 35.5. The third kappa shape index (κ3) is 5.98. The van der Waals surface area contributed by atoms with Crippen LogP contribution in [0.1, 0.15) is 53.6 Å². The fourth-order valence-electron chi connectivity index (χ4n) is 3.75. The van der Waals surface area contributed by atoms with E-state index in [4.69, 9.17) is 16.7 Å². The summed E-state index contributed by atoms with van der Waals surface area (Å²) in [5.41, 5.74) is 3.96. The van der Waals surface area contributed by atoms with Crippen molar-refractivity contribution in [1.82, 2.24) is 4.57 Å². The normalized spacial score (nSPS) is 11.0. The van der Waals surface area contributed by atoms with Gasteiger partial charge in [-0.15, -0.1) is 0 Å². The largest absolute Gasteiger partial charge is 0.481 e. The topological polar surface area (TPSA) is 71.3 Å². The molecule has 0 radical (unpaired) electrons. The summed E-state index contributed by atoms with van der Waals surface area (Å²) in [5, 5.41) is 12.2. The summed E-state index contributed by atoms with van der Waals surface area (Å²) in [5.74, 6) is -1.20. The molecule has 1 amide bonds. The Bertz CT molecular complexity index is 1060. The molecule has 3 rings (SSSR count). The highest BCUT2D eigenvalue weighted by molar-refractivity contribution is 6.34. The van der Waals surface area contributed by atoms with Crippen LogP contribution < -0.4 is 5.32 Å². The summed E-state index contributed by atoms with van der Waals surface area (Å²) in [6, 6.07) is 19.2. The molecule has 0 aliphatic rings. The van der Waals surface area contributed by atoms with Crippen molar-refractivity contribution in [2.45, 2.75) is 45.6 Å². The van der Waals surface area contributed by atoms with Crippen molar-refractivity contribution in [3.05, 3.63) is 88.2 Å². The SMILES string of the molecule is CC(C)n1c(CCCc2ccccc2)ccc1C(=O)Nc1cc(CC(=O)O)ccc1Cl. The summed E-state index contributed by atoms with van der Waals surface area (Å²) in [4.78, 5) is 24.0. The zero-order valence-electron chi connectivity index (χ0n) is 17.8. The van der Waals surface area contributed by atoms with Crippen molar-refractivity contribution in [3.8, 4) is 0 Å². The van der Waals surface area contributed by atoms with Gasteiger partial charge in [-0.05, 0) is 68.5 Å². The number of halogens is 1. The Hall–Kier alpha value is -3.05. The molecule has 0 aliphatic carbocycles. The lowest BCUT2D eigenvalue weighted by Crippen LogP contribution is -2.20. The number of aromatic nitrogens is 1. The maximum Gasteiger partial charge on any atom is 0.307 e. The Morgan fingerprint density at radius 1 is 1.00 bits per heavy atom. The van der Waals surface area contributed by atoms with E-state index in [-0.39, 0.29) is 18.4 Å². The van der Waals surface area contributed by atoms with Crippen LogP contribution in [0.25, 0.3) is 0 Å². The number of carbonyl (C=O) groups is 2. The molecule has 0 atom stereocenters. The van der Waals surface area contributed by atoms with Gasteiger partial charge in [0.05, 0.1) is 17.1 Å². The van der Waals surface area contributed by atoms with Crippen LogP contribution in [-0.4, -0.2) is 21.6 Å². The second kappa shape index (κ2) is 10.3. The van der Waals surface area contributed by atoms with Crippen LogP contribution in [-0.2, 0) is 24.1 Å². The van der Waals surface area contributed by atoms with Crippen LogP contribution in [0.3, 0.4) is 0 Å². The molecular formula is C25H27ClN2O3. The Morgan fingerprint density at radius 2 is 1.74 bits per heavy atom. The molecule has 2 aromatic carbocycles. The molecule has 6 heteroatoms. The molecule has 1 heterocycles. The second-order valence-electron chi connectivity index (χ2n) is 7.85. The number of benzene rings is 2. The van der Waals surface area contributed by atoms with Crippen LogP contribution >= 0.6 is 11.6 Å². The lowest BCUT2D eigenvalue weighted by atomic mass is 10.1. The molecule has 0 aliphatic heterocycles. The predicted octanol–water partition coefficient (Wildman–Crippen LogP) is 5.78. The van der Waals surface area contributed by atoms with E-state index in [1.807, 2.05) is 30.3 Å². The molecule has 0 fully saturated rings. The summed E-state index contributed by atoms with van der Waals surface area (Å²) in [6.45, 7) is 4.11. The molecular weight excluding hydrogens is 412 g/mol. The first-order chi connectivity index (χ1) is 14.8. The molecule has 0 unspecified atom stereocenters. The molecule has 162 valence electrons. The van der Waals surface area contributed by atoms with E-state index in [2.05, 4.69) is 35.9 Å². The number of hydrogen-bond donors (Lipinski definition) is 2. The zero-order valence-corrected chi connectivity index (χ0v) is 18.5. The molecule has 0 spiro atoms. The first kappa shape index (κ1) is 22.6. The Labute approximate surface area is 187 Å². The zero-order chi connectivity index (χ0) is 22.4. The average Bonchev–Trinajstić information content (AvgIpc) is 3.15. The monoisotopic (exact) mass is 438 g/mol. The first-order valence-electron chi connectivity index (χ1n) is 10.4. The Morgan fingerprint density at radius 3 is 2.42 bits per heavy atom. The van der Waals surface area contributed by atoms with Gasteiger partial charge in [0.2, 0.25) is 0 Å². The fourth-order valence-corrected chi connectivity index (χ4v) is 3.91. The van der Waals surface area contributed by atoms with E-state index >= 15 is 0 Å². The molecule has 0 saturated carbocycles. The van der Waals surface area contributed by atoms with E-state index in [0.29, 0.717) is 22.0 Å². The quantitative estimate of drug-likeness (QED) is 0.445. The standard InChI is InChI=1S/C25H27ClN2O3/c1-17(2)28-20(10-6-9-18-7-4-3-5-8-18)12-14-23(28)25(31)27-22-15-19(16-24(29)30)11-13-21(22)26/h3-5,7-8,11-15,17H,6,9-10,16H2,1-2H3,(H,27,31)(H,29,30). The summed E-state index contributed by atoms with van der Waals surface area (Å²) >= 11 is 6.23.